The monoisotopic (exact) mass is 292 g/mol. The van der Waals surface area contributed by atoms with Gasteiger partial charge in [-0.1, -0.05) is 11.6 Å². The van der Waals surface area contributed by atoms with E-state index in [0.717, 1.165) is 24.4 Å². The first-order valence-electron chi connectivity index (χ1n) is 7.37. The first-order chi connectivity index (χ1) is 9.65. The molecular formula is C15H21ClN4. The second-order valence-electron chi connectivity index (χ2n) is 5.97. The highest BCUT2D eigenvalue weighted by atomic mass is 35.5. The van der Waals surface area contributed by atoms with E-state index in [-0.39, 0.29) is 0 Å². The minimum atomic E-state index is 0.627. The van der Waals surface area contributed by atoms with Crippen molar-refractivity contribution in [2.24, 2.45) is 5.92 Å². The number of likely N-dealkylation sites (tertiary alicyclic amines) is 1. The molecule has 0 radical (unpaired) electrons. The van der Waals surface area contributed by atoms with Gasteiger partial charge in [-0.05, 0) is 51.3 Å². The fourth-order valence-electron chi connectivity index (χ4n) is 3.06. The van der Waals surface area contributed by atoms with Crippen LogP contribution in [0.15, 0.2) is 18.3 Å². The lowest BCUT2D eigenvalue weighted by Crippen LogP contribution is -2.40. The minimum Gasteiger partial charge on any atom is -0.301 e. The van der Waals surface area contributed by atoms with Gasteiger partial charge in [0.15, 0.2) is 5.65 Å². The molecule has 2 aromatic rings. The second-order valence-corrected chi connectivity index (χ2v) is 6.37. The Morgan fingerprint density at radius 1 is 1.40 bits per heavy atom. The van der Waals surface area contributed by atoms with Gasteiger partial charge >= 0.3 is 0 Å². The van der Waals surface area contributed by atoms with Gasteiger partial charge in [0.25, 0.3) is 0 Å². The van der Waals surface area contributed by atoms with Crippen molar-refractivity contribution in [1.29, 1.82) is 0 Å². The summed E-state index contributed by atoms with van der Waals surface area (Å²) in [5.41, 5.74) is 0.765. The van der Waals surface area contributed by atoms with Crippen LogP contribution in [0.1, 0.15) is 32.5 Å². The van der Waals surface area contributed by atoms with E-state index in [4.69, 9.17) is 11.6 Å². The van der Waals surface area contributed by atoms with E-state index in [1.54, 1.807) is 0 Å². The van der Waals surface area contributed by atoms with Gasteiger partial charge < -0.3 is 4.90 Å². The van der Waals surface area contributed by atoms with Crippen LogP contribution in [0.4, 0.5) is 0 Å². The van der Waals surface area contributed by atoms with Gasteiger partial charge in [0, 0.05) is 25.2 Å². The van der Waals surface area contributed by atoms with Crippen molar-refractivity contribution in [2.45, 2.75) is 39.2 Å². The molecule has 5 heteroatoms. The van der Waals surface area contributed by atoms with Gasteiger partial charge in [0.1, 0.15) is 5.82 Å². The smallest absolute Gasteiger partial charge is 0.179 e. The summed E-state index contributed by atoms with van der Waals surface area (Å²) >= 11 is 6.15. The molecule has 1 aliphatic heterocycles. The average molecular weight is 293 g/mol. The van der Waals surface area contributed by atoms with Crippen molar-refractivity contribution in [3.8, 4) is 0 Å². The fraction of sp³-hybridized carbons (Fsp3) is 0.600. The number of piperidine rings is 1. The third-order valence-electron chi connectivity index (χ3n) is 4.21. The maximum absolute atomic E-state index is 6.15. The van der Waals surface area contributed by atoms with Gasteiger partial charge in [-0.15, -0.1) is 10.2 Å². The lowest BCUT2D eigenvalue weighted by molar-refractivity contribution is 0.138. The van der Waals surface area contributed by atoms with E-state index in [1.807, 2.05) is 22.7 Å². The molecule has 0 spiro atoms. The van der Waals surface area contributed by atoms with E-state index < -0.39 is 0 Å². The molecular weight excluding hydrogens is 272 g/mol. The lowest BCUT2D eigenvalue weighted by Gasteiger charge is -2.35. The van der Waals surface area contributed by atoms with Crippen LogP contribution in [-0.4, -0.2) is 38.6 Å². The Balaban J connectivity index is 1.78. The maximum Gasteiger partial charge on any atom is 0.179 e. The first-order valence-corrected chi connectivity index (χ1v) is 7.75. The van der Waals surface area contributed by atoms with Crippen molar-refractivity contribution < 1.29 is 0 Å². The summed E-state index contributed by atoms with van der Waals surface area (Å²) in [6.45, 7) is 6.93. The second kappa shape index (κ2) is 5.70. The standard InChI is InChI=1S/C15H21ClN4/c1-11(2)19-7-3-5-12(10-19)9-14-17-18-15-13(16)6-4-8-20(14)15/h4,6,8,11-12H,3,5,7,9-10H2,1-2H3. The molecule has 1 atom stereocenters. The summed E-state index contributed by atoms with van der Waals surface area (Å²) < 4.78 is 2.02. The Morgan fingerprint density at radius 2 is 2.25 bits per heavy atom. The molecule has 1 fully saturated rings. The van der Waals surface area contributed by atoms with Crippen LogP contribution in [-0.2, 0) is 6.42 Å². The number of fused-ring (bicyclic) bond motifs is 1. The average Bonchev–Trinajstić information content (AvgIpc) is 2.84. The van der Waals surface area contributed by atoms with Crippen LogP contribution >= 0.6 is 11.6 Å². The summed E-state index contributed by atoms with van der Waals surface area (Å²) in [5, 5.41) is 9.20. The van der Waals surface area contributed by atoms with E-state index in [9.17, 15) is 0 Å². The van der Waals surface area contributed by atoms with E-state index >= 15 is 0 Å². The van der Waals surface area contributed by atoms with E-state index in [0.29, 0.717) is 17.0 Å². The van der Waals surface area contributed by atoms with Gasteiger partial charge in [-0.2, -0.15) is 0 Å². The number of rotatable bonds is 3. The van der Waals surface area contributed by atoms with Crippen molar-refractivity contribution in [2.75, 3.05) is 13.1 Å². The molecule has 0 aliphatic carbocycles. The number of hydrogen-bond donors (Lipinski definition) is 0. The molecule has 2 aromatic heterocycles. The minimum absolute atomic E-state index is 0.627. The first kappa shape index (κ1) is 13.8. The predicted octanol–water partition coefficient (Wildman–Crippen LogP) is 3.05. The SMILES string of the molecule is CC(C)N1CCCC(Cc2nnc3c(Cl)cccn23)C1. The zero-order valence-corrected chi connectivity index (χ0v) is 12.8. The zero-order chi connectivity index (χ0) is 14.1. The zero-order valence-electron chi connectivity index (χ0n) is 12.1. The quantitative estimate of drug-likeness (QED) is 0.872. The van der Waals surface area contributed by atoms with Crippen LogP contribution in [0.2, 0.25) is 5.02 Å². The molecule has 0 N–H and O–H groups in total. The highest BCUT2D eigenvalue weighted by Gasteiger charge is 2.23. The Bertz CT molecular complexity index is 593. The van der Waals surface area contributed by atoms with Crippen molar-refractivity contribution in [3.05, 3.63) is 29.2 Å². The number of aromatic nitrogens is 3. The molecule has 0 bridgehead atoms. The van der Waals surface area contributed by atoms with Crippen LogP contribution in [0.3, 0.4) is 0 Å². The Labute approximate surface area is 124 Å². The lowest BCUT2D eigenvalue weighted by atomic mass is 9.93. The summed E-state index contributed by atoms with van der Waals surface area (Å²) in [6.07, 6.45) is 5.53. The number of halogens is 1. The molecule has 1 unspecified atom stereocenters. The third kappa shape index (κ3) is 2.67. The molecule has 4 nitrogen and oxygen atoms in total. The van der Waals surface area contributed by atoms with Crippen LogP contribution < -0.4 is 0 Å². The summed E-state index contributed by atoms with van der Waals surface area (Å²) in [4.78, 5) is 2.56. The predicted molar refractivity (Wildman–Crippen MR) is 81.1 cm³/mol. The Kier molecular flexibility index (Phi) is 3.94. The third-order valence-corrected chi connectivity index (χ3v) is 4.50. The van der Waals surface area contributed by atoms with E-state index in [2.05, 4.69) is 28.9 Å². The van der Waals surface area contributed by atoms with Crippen molar-refractivity contribution >= 4 is 17.2 Å². The Morgan fingerprint density at radius 3 is 3.05 bits per heavy atom. The van der Waals surface area contributed by atoms with Crippen LogP contribution in [0, 0.1) is 5.92 Å². The summed E-state index contributed by atoms with van der Waals surface area (Å²) in [6, 6.07) is 4.43. The maximum atomic E-state index is 6.15. The highest BCUT2D eigenvalue weighted by Crippen LogP contribution is 2.23. The molecule has 20 heavy (non-hydrogen) atoms. The normalized spacial score (nSPS) is 20.9. The largest absolute Gasteiger partial charge is 0.301 e. The molecule has 1 aliphatic rings. The van der Waals surface area contributed by atoms with Crippen LogP contribution in [0.25, 0.3) is 5.65 Å². The van der Waals surface area contributed by atoms with Gasteiger partial charge in [0.05, 0.1) is 5.02 Å². The summed E-state index contributed by atoms with van der Waals surface area (Å²) in [7, 11) is 0. The molecule has 3 rings (SSSR count). The van der Waals surface area contributed by atoms with Gasteiger partial charge in [0.2, 0.25) is 0 Å². The number of hydrogen-bond acceptors (Lipinski definition) is 3. The number of pyridine rings is 1. The van der Waals surface area contributed by atoms with Gasteiger partial charge in [-0.25, -0.2) is 0 Å². The molecule has 0 aromatic carbocycles. The van der Waals surface area contributed by atoms with E-state index in [1.165, 1.54) is 19.4 Å². The number of nitrogens with zero attached hydrogens (tertiary/aromatic N) is 4. The van der Waals surface area contributed by atoms with Gasteiger partial charge in [-0.3, -0.25) is 4.40 Å². The molecule has 0 saturated carbocycles. The molecule has 3 heterocycles. The molecule has 0 amide bonds. The fourth-order valence-corrected chi connectivity index (χ4v) is 3.26. The molecule has 108 valence electrons. The topological polar surface area (TPSA) is 33.4 Å². The summed E-state index contributed by atoms with van der Waals surface area (Å²) in [5.74, 6) is 1.69. The highest BCUT2D eigenvalue weighted by molar-refractivity contribution is 6.33. The van der Waals surface area contributed by atoms with Crippen molar-refractivity contribution in [3.63, 3.8) is 0 Å². The molecule has 1 saturated heterocycles. The van der Waals surface area contributed by atoms with Crippen LogP contribution in [0.5, 0.6) is 0 Å². The Hall–Kier alpha value is -1.13. The van der Waals surface area contributed by atoms with Crippen molar-refractivity contribution in [1.82, 2.24) is 19.5 Å².